The first-order valence-electron chi connectivity index (χ1n) is 4.97. The Labute approximate surface area is 90.6 Å². The third kappa shape index (κ3) is 5.75. The van der Waals surface area contributed by atoms with Crippen molar-refractivity contribution in [2.75, 3.05) is 0 Å². The van der Waals surface area contributed by atoms with Crippen molar-refractivity contribution in [1.29, 1.82) is 0 Å². The monoisotopic (exact) mass is 217 g/mol. The lowest BCUT2D eigenvalue weighted by molar-refractivity contribution is -0.126. The van der Waals surface area contributed by atoms with E-state index in [2.05, 4.69) is 36.9 Å². The quantitative estimate of drug-likeness (QED) is 0.476. The van der Waals surface area contributed by atoms with Crippen LogP contribution in [0.3, 0.4) is 0 Å². The van der Waals surface area contributed by atoms with Gasteiger partial charge in [0.15, 0.2) is 5.11 Å². The normalized spacial score (nSPS) is 9.93. The standard InChI is InChI=1S/C9H19N3OS/c1-3-5-7(6-4-2)8(13)11-12-9(10)14/h7H,3-6H2,1-2H3,(H,11,13)(H3,10,12,14). The summed E-state index contributed by atoms with van der Waals surface area (Å²) in [6.45, 7) is 4.13. The molecule has 1 amide bonds. The Morgan fingerprint density at radius 1 is 1.29 bits per heavy atom. The Bertz CT molecular complexity index is 190. The Balaban J connectivity index is 3.94. The lowest BCUT2D eigenvalue weighted by Gasteiger charge is -2.15. The van der Waals surface area contributed by atoms with Gasteiger partial charge in [0.2, 0.25) is 5.91 Å². The number of thiocarbonyl (C=S) groups is 1. The minimum atomic E-state index is -0.0264. The molecule has 0 fully saturated rings. The average molecular weight is 217 g/mol. The van der Waals surface area contributed by atoms with Gasteiger partial charge in [0.25, 0.3) is 0 Å². The smallest absolute Gasteiger partial charge is 0.241 e. The lowest BCUT2D eigenvalue weighted by Crippen LogP contribution is -2.46. The van der Waals surface area contributed by atoms with Gasteiger partial charge in [0.1, 0.15) is 0 Å². The summed E-state index contributed by atoms with van der Waals surface area (Å²) in [6.07, 6.45) is 3.81. The van der Waals surface area contributed by atoms with Crippen LogP contribution in [0, 0.1) is 5.92 Å². The van der Waals surface area contributed by atoms with Gasteiger partial charge in [-0.3, -0.25) is 15.6 Å². The molecule has 0 spiro atoms. The van der Waals surface area contributed by atoms with Crippen molar-refractivity contribution >= 4 is 23.2 Å². The maximum atomic E-state index is 11.5. The molecule has 0 aromatic heterocycles. The summed E-state index contributed by atoms with van der Waals surface area (Å²) >= 11 is 4.58. The Hall–Kier alpha value is -0.840. The van der Waals surface area contributed by atoms with E-state index < -0.39 is 0 Å². The van der Waals surface area contributed by atoms with Gasteiger partial charge in [-0.1, -0.05) is 26.7 Å². The lowest BCUT2D eigenvalue weighted by atomic mass is 9.98. The summed E-state index contributed by atoms with van der Waals surface area (Å²) < 4.78 is 0. The molecular formula is C9H19N3OS. The molecular weight excluding hydrogens is 198 g/mol. The van der Waals surface area contributed by atoms with Gasteiger partial charge in [-0.2, -0.15) is 0 Å². The summed E-state index contributed by atoms with van der Waals surface area (Å²) in [5, 5.41) is 0.0881. The number of nitrogens with two attached hydrogens (primary N) is 1. The molecule has 0 radical (unpaired) electrons. The molecule has 4 nitrogen and oxygen atoms in total. The molecule has 0 unspecified atom stereocenters. The van der Waals surface area contributed by atoms with Crippen LogP contribution in [-0.4, -0.2) is 11.0 Å². The van der Waals surface area contributed by atoms with E-state index in [0.717, 1.165) is 25.7 Å². The van der Waals surface area contributed by atoms with Crippen molar-refractivity contribution in [3.05, 3.63) is 0 Å². The molecule has 0 aromatic carbocycles. The Kier molecular flexibility index (Phi) is 7.10. The summed E-state index contributed by atoms with van der Waals surface area (Å²) in [6, 6.07) is 0. The van der Waals surface area contributed by atoms with Crippen molar-refractivity contribution < 1.29 is 4.79 Å². The van der Waals surface area contributed by atoms with Gasteiger partial charge in [-0.15, -0.1) is 0 Å². The number of hydrazine groups is 1. The number of rotatable bonds is 5. The molecule has 4 N–H and O–H groups in total. The summed E-state index contributed by atoms with van der Waals surface area (Å²) in [4.78, 5) is 11.5. The number of amides is 1. The number of hydrogen-bond acceptors (Lipinski definition) is 2. The number of nitrogens with one attached hydrogen (secondary N) is 2. The van der Waals surface area contributed by atoms with Crippen LogP contribution in [0.4, 0.5) is 0 Å². The molecule has 0 aliphatic rings. The predicted molar refractivity (Wildman–Crippen MR) is 61.4 cm³/mol. The highest BCUT2D eigenvalue weighted by Crippen LogP contribution is 2.12. The fourth-order valence-electron chi connectivity index (χ4n) is 1.33. The zero-order chi connectivity index (χ0) is 11.0. The van der Waals surface area contributed by atoms with E-state index in [1.807, 2.05) is 0 Å². The highest BCUT2D eigenvalue weighted by atomic mass is 32.1. The van der Waals surface area contributed by atoms with Crippen LogP contribution in [0.2, 0.25) is 0 Å². The molecule has 0 heterocycles. The topological polar surface area (TPSA) is 67.2 Å². The minimum Gasteiger partial charge on any atom is -0.375 e. The van der Waals surface area contributed by atoms with E-state index in [-0.39, 0.29) is 16.9 Å². The highest BCUT2D eigenvalue weighted by molar-refractivity contribution is 7.80. The van der Waals surface area contributed by atoms with Crippen molar-refractivity contribution in [2.45, 2.75) is 39.5 Å². The molecule has 0 saturated heterocycles. The van der Waals surface area contributed by atoms with E-state index in [1.54, 1.807) is 0 Å². The number of hydrogen-bond donors (Lipinski definition) is 3. The third-order valence-electron chi connectivity index (χ3n) is 1.95. The van der Waals surface area contributed by atoms with Crippen LogP contribution < -0.4 is 16.6 Å². The summed E-state index contributed by atoms with van der Waals surface area (Å²) in [7, 11) is 0. The largest absolute Gasteiger partial charge is 0.375 e. The minimum absolute atomic E-state index is 0.0264. The van der Waals surface area contributed by atoms with Gasteiger partial charge in [0, 0.05) is 5.92 Å². The van der Waals surface area contributed by atoms with Crippen molar-refractivity contribution in [3.8, 4) is 0 Å². The Morgan fingerprint density at radius 2 is 1.79 bits per heavy atom. The van der Waals surface area contributed by atoms with E-state index in [0.29, 0.717) is 0 Å². The summed E-state index contributed by atoms with van der Waals surface area (Å²) in [5.41, 5.74) is 10.1. The second-order valence-electron chi connectivity index (χ2n) is 3.25. The van der Waals surface area contributed by atoms with Gasteiger partial charge >= 0.3 is 0 Å². The van der Waals surface area contributed by atoms with Crippen molar-refractivity contribution in [1.82, 2.24) is 10.9 Å². The van der Waals surface area contributed by atoms with Crippen molar-refractivity contribution in [3.63, 3.8) is 0 Å². The van der Waals surface area contributed by atoms with Gasteiger partial charge in [-0.25, -0.2) is 0 Å². The molecule has 0 aliphatic carbocycles. The van der Waals surface area contributed by atoms with E-state index in [4.69, 9.17) is 5.73 Å². The Morgan fingerprint density at radius 3 is 2.14 bits per heavy atom. The molecule has 0 atom stereocenters. The van der Waals surface area contributed by atoms with E-state index in [9.17, 15) is 4.79 Å². The van der Waals surface area contributed by atoms with Gasteiger partial charge < -0.3 is 5.73 Å². The van der Waals surface area contributed by atoms with Crippen molar-refractivity contribution in [2.24, 2.45) is 11.7 Å². The van der Waals surface area contributed by atoms with Crippen LogP contribution in [-0.2, 0) is 4.79 Å². The molecule has 0 saturated carbocycles. The molecule has 0 bridgehead atoms. The van der Waals surface area contributed by atoms with Crippen LogP contribution in [0.25, 0.3) is 0 Å². The fourth-order valence-corrected chi connectivity index (χ4v) is 1.38. The van der Waals surface area contributed by atoms with Crippen LogP contribution in [0.5, 0.6) is 0 Å². The zero-order valence-corrected chi connectivity index (χ0v) is 9.62. The van der Waals surface area contributed by atoms with Crippen LogP contribution in [0.1, 0.15) is 39.5 Å². The SMILES string of the molecule is CCCC(CCC)C(=O)NNC(N)=S. The molecule has 0 rings (SSSR count). The molecule has 0 aromatic rings. The van der Waals surface area contributed by atoms with Gasteiger partial charge in [0.05, 0.1) is 0 Å². The predicted octanol–water partition coefficient (Wildman–Crippen LogP) is 1.07. The second-order valence-corrected chi connectivity index (χ2v) is 3.69. The first-order valence-corrected chi connectivity index (χ1v) is 5.37. The van der Waals surface area contributed by atoms with E-state index >= 15 is 0 Å². The highest BCUT2D eigenvalue weighted by Gasteiger charge is 2.15. The summed E-state index contributed by atoms with van der Waals surface area (Å²) in [5.74, 6) is 0.0355. The molecule has 5 heteroatoms. The van der Waals surface area contributed by atoms with Crippen LogP contribution in [0.15, 0.2) is 0 Å². The molecule has 82 valence electrons. The molecule has 0 aliphatic heterocycles. The average Bonchev–Trinajstić information content (AvgIpc) is 2.14. The third-order valence-corrected chi connectivity index (χ3v) is 2.06. The number of carbonyl (C=O) groups excluding carboxylic acids is 1. The first-order chi connectivity index (χ1) is 6.61. The molecule has 14 heavy (non-hydrogen) atoms. The second kappa shape index (κ2) is 7.55. The maximum Gasteiger partial charge on any atom is 0.241 e. The maximum absolute atomic E-state index is 11.5. The first kappa shape index (κ1) is 13.2. The van der Waals surface area contributed by atoms with Gasteiger partial charge in [-0.05, 0) is 25.1 Å². The van der Waals surface area contributed by atoms with Crippen LogP contribution >= 0.6 is 12.2 Å². The zero-order valence-electron chi connectivity index (χ0n) is 8.80. The van der Waals surface area contributed by atoms with E-state index in [1.165, 1.54) is 0 Å². The fraction of sp³-hybridized carbons (Fsp3) is 0.778. The number of carbonyl (C=O) groups is 1.